The molecule has 1 saturated heterocycles. The summed E-state index contributed by atoms with van der Waals surface area (Å²) in [6.07, 6.45) is 9.38. The molecule has 0 amide bonds. The quantitative estimate of drug-likeness (QED) is 0.840. The number of hydrogen-bond acceptors (Lipinski definition) is 2. The van der Waals surface area contributed by atoms with Crippen LogP contribution in [-0.2, 0) is 0 Å². The van der Waals surface area contributed by atoms with Crippen molar-refractivity contribution in [2.45, 2.75) is 20.3 Å². The zero-order chi connectivity index (χ0) is 14.7. The van der Waals surface area contributed by atoms with Gasteiger partial charge in [-0.05, 0) is 20.3 Å². The van der Waals surface area contributed by atoms with Crippen molar-refractivity contribution in [1.82, 2.24) is 0 Å². The number of nitrogens with one attached hydrogen (secondary N) is 2. The third-order valence-corrected chi connectivity index (χ3v) is 4.26. The Morgan fingerprint density at radius 3 is 1.67 bits per heavy atom. The largest absolute Gasteiger partial charge is 0.369 e. The molecule has 21 heavy (non-hydrogen) atoms. The number of aromatic nitrogens is 2. The molecule has 1 fully saturated rings. The lowest BCUT2D eigenvalue weighted by atomic mass is 10.2. The Kier molecular flexibility index (Phi) is 4.04. The van der Waals surface area contributed by atoms with E-state index in [-0.39, 0.29) is 0 Å². The fourth-order valence-corrected chi connectivity index (χ4v) is 3.12. The van der Waals surface area contributed by atoms with Crippen LogP contribution in [0.1, 0.15) is 17.5 Å². The second-order valence-electron chi connectivity index (χ2n) is 5.75. The first kappa shape index (κ1) is 13.9. The van der Waals surface area contributed by atoms with Gasteiger partial charge in [-0.2, -0.15) is 0 Å². The topological polar surface area (TPSA) is 34.8 Å². The minimum atomic E-state index is 1.07. The van der Waals surface area contributed by atoms with Gasteiger partial charge in [-0.3, -0.25) is 0 Å². The Balaban J connectivity index is 1.76. The van der Waals surface area contributed by atoms with E-state index < -0.39 is 0 Å². The van der Waals surface area contributed by atoms with Gasteiger partial charge in [0.15, 0.2) is 24.8 Å². The minimum absolute atomic E-state index is 1.07. The van der Waals surface area contributed by atoms with Gasteiger partial charge in [0.25, 0.3) is 0 Å². The van der Waals surface area contributed by atoms with E-state index in [1.54, 1.807) is 0 Å². The van der Waals surface area contributed by atoms with Crippen LogP contribution in [0.4, 0.5) is 11.4 Å². The normalized spacial score (nSPS) is 15.9. The van der Waals surface area contributed by atoms with Crippen molar-refractivity contribution in [3.05, 3.63) is 48.0 Å². The average molecular weight is 284 g/mol. The first-order valence-corrected chi connectivity index (χ1v) is 7.69. The number of pyridine rings is 2. The van der Waals surface area contributed by atoms with Crippen LogP contribution in [0.2, 0.25) is 0 Å². The zero-order valence-electron chi connectivity index (χ0n) is 12.9. The van der Waals surface area contributed by atoms with Crippen LogP contribution in [0, 0.1) is 13.8 Å². The van der Waals surface area contributed by atoms with Crippen LogP contribution >= 0.6 is 0 Å². The highest BCUT2D eigenvalue weighted by molar-refractivity contribution is 5.54. The van der Waals surface area contributed by atoms with E-state index >= 15 is 0 Å². The SMILES string of the molecule is Cc1c[nH+]ccc1N1CCCN(c2cc[nH+]cc2C)CC1. The van der Waals surface area contributed by atoms with Crippen molar-refractivity contribution in [3.8, 4) is 0 Å². The summed E-state index contributed by atoms with van der Waals surface area (Å²) in [7, 11) is 0. The van der Waals surface area contributed by atoms with Gasteiger partial charge in [-0.1, -0.05) is 0 Å². The van der Waals surface area contributed by atoms with Crippen LogP contribution in [0.3, 0.4) is 0 Å². The van der Waals surface area contributed by atoms with E-state index in [0.717, 1.165) is 26.2 Å². The molecule has 0 bridgehead atoms. The highest BCUT2D eigenvalue weighted by Crippen LogP contribution is 2.23. The number of aromatic amines is 2. The van der Waals surface area contributed by atoms with Gasteiger partial charge in [0.2, 0.25) is 0 Å². The lowest BCUT2D eigenvalue weighted by Crippen LogP contribution is -2.31. The van der Waals surface area contributed by atoms with Crippen LogP contribution in [0.25, 0.3) is 0 Å². The van der Waals surface area contributed by atoms with Crippen molar-refractivity contribution >= 4 is 11.4 Å². The Morgan fingerprint density at radius 2 is 1.24 bits per heavy atom. The van der Waals surface area contributed by atoms with E-state index in [9.17, 15) is 0 Å². The maximum Gasteiger partial charge on any atom is 0.171 e. The predicted octanol–water partition coefficient (Wildman–Crippen LogP) is 1.65. The number of H-pyrrole nitrogens is 2. The third kappa shape index (κ3) is 2.99. The number of nitrogens with zero attached hydrogens (tertiary/aromatic N) is 2. The summed E-state index contributed by atoms with van der Waals surface area (Å²) in [6, 6.07) is 4.38. The molecule has 1 aliphatic rings. The smallest absolute Gasteiger partial charge is 0.171 e. The third-order valence-electron chi connectivity index (χ3n) is 4.26. The van der Waals surface area contributed by atoms with Gasteiger partial charge in [0.1, 0.15) is 0 Å². The van der Waals surface area contributed by atoms with Gasteiger partial charge in [-0.15, -0.1) is 0 Å². The molecule has 0 saturated carbocycles. The number of anilines is 2. The molecule has 0 unspecified atom stereocenters. The Labute approximate surface area is 126 Å². The molecule has 3 heterocycles. The maximum atomic E-state index is 3.16. The number of aryl methyl sites for hydroxylation is 2. The van der Waals surface area contributed by atoms with Crippen molar-refractivity contribution < 1.29 is 9.97 Å². The van der Waals surface area contributed by atoms with Crippen LogP contribution in [-0.4, -0.2) is 26.2 Å². The second-order valence-corrected chi connectivity index (χ2v) is 5.75. The standard InChI is InChI=1S/C17H22N4/c1-14-12-18-6-4-16(14)20-8-3-9-21(11-10-20)17-5-7-19-13-15(17)2/h4-7,12-13H,3,8-11H2,1-2H3/p+2. The summed E-state index contributed by atoms with van der Waals surface area (Å²) in [6.45, 7) is 8.74. The lowest BCUT2D eigenvalue weighted by molar-refractivity contribution is -0.378. The van der Waals surface area contributed by atoms with Gasteiger partial charge >= 0.3 is 0 Å². The van der Waals surface area contributed by atoms with Crippen molar-refractivity contribution in [2.75, 3.05) is 36.0 Å². The molecule has 2 N–H and O–H groups in total. The molecule has 4 nitrogen and oxygen atoms in total. The highest BCUT2D eigenvalue weighted by atomic mass is 15.2. The fourth-order valence-electron chi connectivity index (χ4n) is 3.12. The number of hydrogen-bond donors (Lipinski definition) is 0. The summed E-state index contributed by atoms with van der Waals surface area (Å²) < 4.78 is 0. The first-order valence-electron chi connectivity index (χ1n) is 7.69. The number of rotatable bonds is 2. The van der Waals surface area contributed by atoms with E-state index in [1.807, 2.05) is 12.4 Å². The molecular formula is C17H24N4+2. The molecule has 0 aromatic carbocycles. The predicted molar refractivity (Wildman–Crippen MR) is 84.5 cm³/mol. The van der Waals surface area contributed by atoms with Crippen LogP contribution in [0.5, 0.6) is 0 Å². The zero-order valence-corrected chi connectivity index (χ0v) is 12.9. The van der Waals surface area contributed by atoms with Gasteiger partial charge in [0, 0.05) is 49.4 Å². The van der Waals surface area contributed by atoms with E-state index in [1.165, 1.54) is 28.9 Å². The first-order chi connectivity index (χ1) is 10.3. The van der Waals surface area contributed by atoms with Crippen molar-refractivity contribution in [2.24, 2.45) is 0 Å². The minimum Gasteiger partial charge on any atom is -0.369 e. The molecule has 1 aliphatic heterocycles. The van der Waals surface area contributed by atoms with Crippen molar-refractivity contribution in [1.29, 1.82) is 0 Å². The molecule has 110 valence electrons. The summed E-state index contributed by atoms with van der Waals surface area (Å²) >= 11 is 0. The Hall–Kier alpha value is -2.10. The average Bonchev–Trinajstić information content (AvgIpc) is 2.74. The van der Waals surface area contributed by atoms with Gasteiger partial charge in [-0.25, -0.2) is 9.97 Å². The Bertz CT molecular complexity index is 558. The van der Waals surface area contributed by atoms with E-state index in [2.05, 4.69) is 58.1 Å². The molecule has 0 spiro atoms. The van der Waals surface area contributed by atoms with E-state index in [4.69, 9.17) is 0 Å². The fraction of sp³-hybridized carbons (Fsp3) is 0.412. The molecule has 0 aliphatic carbocycles. The second kappa shape index (κ2) is 6.12. The summed E-state index contributed by atoms with van der Waals surface area (Å²) in [4.78, 5) is 11.3. The molecular weight excluding hydrogens is 260 g/mol. The van der Waals surface area contributed by atoms with Crippen LogP contribution in [0.15, 0.2) is 36.9 Å². The van der Waals surface area contributed by atoms with Gasteiger partial charge in [0.05, 0.1) is 11.4 Å². The summed E-state index contributed by atoms with van der Waals surface area (Å²) in [5.74, 6) is 0. The maximum absolute atomic E-state index is 3.16. The molecule has 3 rings (SSSR count). The molecule has 2 aromatic heterocycles. The summed E-state index contributed by atoms with van der Waals surface area (Å²) in [5.41, 5.74) is 5.34. The monoisotopic (exact) mass is 284 g/mol. The van der Waals surface area contributed by atoms with Gasteiger partial charge < -0.3 is 9.80 Å². The lowest BCUT2D eigenvalue weighted by Gasteiger charge is -2.25. The molecule has 2 aromatic rings. The summed E-state index contributed by atoms with van der Waals surface area (Å²) in [5, 5.41) is 0. The van der Waals surface area contributed by atoms with Crippen molar-refractivity contribution in [3.63, 3.8) is 0 Å². The Morgan fingerprint density at radius 1 is 0.762 bits per heavy atom. The highest BCUT2D eigenvalue weighted by Gasteiger charge is 2.18. The molecule has 4 heteroatoms. The van der Waals surface area contributed by atoms with Crippen LogP contribution < -0.4 is 19.8 Å². The molecule has 0 atom stereocenters. The molecule has 0 radical (unpaired) electrons. The van der Waals surface area contributed by atoms with E-state index in [0.29, 0.717) is 0 Å².